The molecule has 4 aliphatic carbocycles. The maximum absolute atomic E-state index is 13.1. The van der Waals surface area contributed by atoms with E-state index in [9.17, 15) is 9.90 Å². The highest BCUT2D eigenvalue weighted by Gasteiger charge is 2.55. The molecule has 5 atom stereocenters. The standard InChI is InChI=1S/C21H29NO2/c1-13-5-4-6-17(7-13)20(2,3)19(23)22-18-15-8-14-9-16(18)12-21(24,10-14)11-15/h4-7,14-16,18,24H,8-12H2,1-3H3,(H,22,23)/t14?,15-,16+,18-,21+. The third-order valence-corrected chi connectivity index (χ3v) is 6.85. The van der Waals surface area contributed by atoms with Gasteiger partial charge in [-0.15, -0.1) is 0 Å². The summed E-state index contributed by atoms with van der Waals surface area (Å²) in [5.41, 5.74) is 1.29. The quantitative estimate of drug-likeness (QED) is 0.894. The zero-order valence-electron chi connectivity index (χ0n) is 15.0. The van der Waals surface area contributed by atoms with E-state index in [1.165, 1.54) is 18.4 Å². The lowest BCUT2D eigenvalue weighted by Gasteiger charge is -2.58. The molecule has 1 amide bonds. The minimum atomic E-state index is -0.530. The fourth-order valence-electron chi connectivity index (χ4n) is 5.71. The molecule has 3 nitrogen and oxygen atoms in total. The molecular weight excluding hydrogens is 298 g/mol. The van der Waals surface area contributed by atoms with Crippen LogP contribution < -0.4 is 5.32 Å². The van der Waals surface area contributed by atoms with Gasteiger partial charge < -0.3 is 10.4 Å². The molecule has 4 saturated carbocycles. The molecule has 4 fully saturated rings. The van der Waals surface area contributed by atoms with Gasteiger partial charge in [-0.2, -0.15) is 0 Å². The van der Waals surface area contributed by atoms with E-state index in [2.05, 4.69) is 24.4 Å². The zero-order chi connectivity index (χ0) is 17.1. The van der Waals surface area contributed by atoms with E-state index in [1.807, 2.05) is 26.0 Å². The highest BCUT2D eigenvalue weighted by molar-refractivity contribution is 5.87. The van der Waals surface area contributed by atoms with Crippen LogP contribution in [-0.4, -0.2) is 22.7 Å². The van der Waals surface area contributed by atoms with Crippen molar-refractivity contribution >= 4 is 5.91 Å². The van der Waals surface area contributed by atoms with Gasteiger partial charge in [-0.1, -0.05) is 29.8 Å². The molecule has 4 aliphatic rings. The maximum Gasteiger partial charge on any atom is 0.230 e. The lowest BCUT2D eigenvalue weighted by molar-refractivity contribution is -0.148. The van der Waals surface area contributed by atoms with Crippen LogP contribution in [0.25, 0.3) is 0 Å². The molecule has 0 aromatic heterocycles. The van der Waals surface area contributed by atoms with E-state index in [4.69, 9.17) is 0 Å². The van der Waals surface area contributed by atoms with Crippen LogP contribution in [-0.2, 0) is 10.2 Å². The molecular formula is C21H29NO2. The highest BCUT2D eigenvalue weighted by atomic mass is 16.3. The summed E-state index contributed by atoms with van der Waals surface area (Å²) in [7, 11) is 0. The van der Waals surface area contributed by atoms with Crippen LogP contribution in [0.5, 0.6) is 0 Å². The lowest BCUT2D eigenvalue weighted by Crippen LogP contribution is -2.62. The molecule has 1 aromatic carbocycles. The zero-order valence-corrected chi connectivity index (χ0v) is 15.0. The van der Waals surface area contributed by atoms with Crippen LogP contribution >= 0.6 is 0 Å². The number of hydrogen-bond donors (Lipinski definition) is 2. The summed E-state index contributed by atoms with van der Waals surface area (Å²) in [6.07, 6.45) is 5.07. The van der Waals surface area contributed by atoms with Crippen LogP contribution in [0.15, 0.2) is 24.3 Å². The van der Waals surface area contributed by atoms with Crippen LogP contribution in [0.2, 0.25) is 0 Å². The SMILES string of the molecule is Cc1cccc(C(C)(C)C(=O)N[C@@H]2[C@@H]3CC4C[C@H]2C[C@](O)(C4)C3)c1. The van der Waals surface area contributed by atoms with Gasteiger partial charge in [0.2, 0.25) is 5.91 Å². The Bertz CT molecular complexity index is 650. The summed E-state index contributed by atoms with van der Waals surface area (Å²) in [6.45, 7) is 6.09. The van der Waals surface area contributed by atoms with Crippen molar-refractivity contribution < 1.29 is 9.90 Å². The van der Waals surface area contributed by atoms with Crippen molar-refractivity contribution in [3.63, 3.8) is 0 Å². The van der Waals surface area contributed by atoms with Crippen molar-refractivity contribution in [1.29, 1.82) is 0 Å². The summed E-state index contributed by atoms with van der Waals surface area (Å²) in [4.78, 5) is 13.1. The van der Waals surface area contributed by atoms with Crippen LogP contribution in [0.4, 0.5) is 0 Å². The first kappa shape index (κ1) is 16.1. The number of hydrogen-bond acceptors (Lipinski definition) is 2. The van der Waals surface area contributed by atoms with E-state index in [0.717, 1.165) is 24.8 Å². The van der Waals surface area contributed by atoms with Gasteiger partial charge in [-0.25, -0.2) is 0 Å². The molecule has 2 N–H and O–H groups in total. The number of benzene rings is 1. The molecule has 0 saturated heterocycles. The van der Waals surface area contributed by atoms with Crippen molar-refractivity contribution in [1.82, 2.24) is 5.32 Å². The van der Waals surface area contributed by atoms with Gasteiger partial charge in [0.15, 0.2) is 0 Å². The summed E-state index contributed by atoms with van der Waals surface area (Å²) < 4.78 is 0. The van der Waals surface area contributed by atoms with Crippen LogP contribution in [0.3, 0.4) is 0 Å². The van der Waals surface area contributed by atoms with Gasteiger partial charge in [0, 0.05) is 6.04 Å². The number of nitrogens with one attached hydrogen (secondary N) is 1. The molecule has 1 unspecified atom stereocenters. The topological polar surface area (TPSA) is 49.3 Å². The molecule has 130 valence electrons. The average Bonchev–Trinajstić information content (AvgIpc) is 2.49. The third kappa shape index (κ3) is 2.57. The highest BCUT2D eigenvalue weighted by Crippen LogP contribution is 2.55. The second-order valence-corrected chi connectivity index (χ2v) is 9.19. The van der Waals surface area contributed by atoms with Crippen molar-refractivity contribution in [3.8, 4) is 0 Å². The third-order valence-electron chi connectivity index (χ3n) is 6.85. The summed E-state index contributed by atoms with van der Waals surface area (Å²) in [5.74, 6) is 1.71. The van der Waals surface area contributed by atoms with Crippen molar-refractivity contribution in [2.24, 2.45) is 17.8 Å². The first-order chi connectivity index (χ1) is 11.3. The Morgan fingerprint density at radius 3 is 2.46 bits per heavy atom. The minimum Gasteiger partial charge on any atom is -0.390 e. The van der Waals surface area contributed by atoms with E-state index < -0.39 is 11.0 Å². The minimum absolute atomic E-state index is 0.123. The monoisotopic (exact) mass is 327 g/mol. The number of amides is 1. The Morgan fingerprint density at radius 2 is 1.88 bits per heavy atom. The second-order valence-electron chi connectivity index (χ2n) is 9.19. The van der Waals surface area contributed by atoms with Crippen molar-refractivity contribution in [3.05, 3.63) is 35.4 Å². The largest absolute Gasteiger partial charge is 0.390 e. The van der Waals surface area contributed by atoms with E-state index >= 15 is 0 Å². The van der Waals surface area contributed by atoms with Gasteiger partial charge in [0.05, 0.1) is 11.0 Å². The van der Waals surface area contributed by atoms with Crippen LogP contribution in [0, 0.1) is 24.7 Å². The van der Waals surface area contributed by atoms with Crippen molar-refractivity contribution in [2.75, 3.05) is 0 Å². The molecule has 24 heavy (non-hydrogen) atoms. The van der Waals surface area contributed by atoms with E-state index in [-0.39, 0.29) is 11.9 Å². The first-order valence-corrected chi connectivity index (χ1v) is 9.37. The Hall–Kier alpha value is -1.35. The summed E-state index contributed by atoms with van der Waals surface area (Å²) >= 11 is 0. The Morgan fingerprint density at radius 1 is 1.21 bits per heavy atom. The predicted octanol–water partition coefficient (Wildman–Crippen LogP) is 3.33. The Balaban J connectivity index is 1.52. The number of rotatable bonds is 3. The molecule has 0 radical (unpaired) electrons. The van der Waals surface area contributed by atoms with Gasteiger partial charge in [0.1, 0.15) is 0 Å². The molecule has 0 heterocycles. The van der Waals surface area contributed by atoms with Gasteiger partial charge >= 0.3 is 0 Å². The summed E-state index contributed by atoms with van der Waals surface area (Å²) in [6, 6.07) is 8.50. The lowest BCUT2D eigenvalue weighted by atomic mass is 9.52. The molecule has 5 rings (SSSR count). The second kappa shape index (κ2) is 5.32. The molecule has 3 heteroatoms. The van der Waals surface area contributed by atoms with Gasteiger partial charge in [-0.3, -0.25) is 4.79 Å². The number of aliphatic hydroxyl groups is 1. The molecule has 4 bridgehead atoms. The fourth-order valence-corrected chi connectivity index (χ4v) is 5.71. The maximum atomic E-state index is 13.1. The fraction of sp³-hybridized carbons (Fsp3) is 0.667. The summed E-state index contributed by atoms with van der Waals surface area (Å²) in [5, 5.41) is 14.1. The normalized spacial score (nSPS) is 37.5. The van der Waals surface area contributed by atoms with Gasteiger partial charge in [0.25, 0.3) is 0 Å². The predicted molar refractivity (Wildman–Crippen MR) is 94.6 cm³/mol. The first-order valence-electron chi connectivity index (χ1n) is 9.37. The number of carbonyl (C=O) groups excluding carboxylic acids is 1. The Labute approximate surface area is 144 Å². The van der Waals surface area contributed by atoms with E-state index in [1.54, 1.807) is 0 Å². The van der Waals surface area contributed by atoms with Crippen molar-refractivity contribution in [2.45, 2.75) is 69.9 Å². The molecule has 1 aromatic rings. The molecule has 0 aliphatic heterocycles. The Kier molecular flexibility index (Phi) is 3.58. The smallest absolute Gasteiger partial charge is 0.230 e. The van der Waals surface area contributed by atoms with E-state index in [0.29, 0.717) is 17.8 Å². The van der Waals surface area contributed by atoms with Crippen LogP contribution in [0.1, 0.15) is 57.1 Å². The number of aryl methyl sites for hydroxylation is 1. The molecule has 0 spiro atoms. The average molecular weight is 327 g/mol. The van der Waals surface area contributed by atoms with Gasteiger partial charge in [-0.05, 0) is 76.2 Å². The number of carbonyl (C=O) groups is 1.